The lowest BCUT2D eigenvalue weighted by atomic mass is 10.3. The van der Waals surface area contributed by atoms with Crippen molar-refractivity contribution in [2.45, 2.75) is 21.6 Å². The SMILES string of the molecule is CCOC(=O)Nc1ccc(S(=O)(=O)Nc2ccccc2Sc2ccccc2)cc1. The molecule has 0 spiro atoms. The van der Waals surface area contributed by atoms with Crippen LogP contribution in [0.2, 0.25) is 0 Å². The predicted octanol–water partition coefficient (Wildman–Crippen LogP) is 5.21. The number of hydrogen-bond acceptors (Lipinski definition) is 5. The quantitative estimate of drug-likeness (QED) is 0.540. The number of nitrogens with one attached hydrogen (secondary N) is 2. The summed E-state index contributed by atoms with van der Waals surface area (Å²) >= 11 is 1.48. The van der Waals surface area contributed by atoms with Crippen molar-refractivity contribution in [1.29, 1.82) is 0 Å². The van der Waals surface area contributed by atoms with Gasteiger partial charge in [0.1, 0.15) is 0 Å². The van der Waals surface area contributed by atoms with Crippen LogP contribution in [0.4, 0.5) is 16.2 Å². The molecule has 0 unspecified atom stereocenters. The van der Waals surface area contributed by atoms with Crippen molar-refractivity contribution in [1.82, 2.24) is 0 Å². The second-order valence-electron chi connectivity index (χ2n) is 5.89. The van der Waals surface area contributed by atoms with Gasteiger partial charge in [-0.1, -0.05) is 42.1 Å². The fraction of sp³-hybridized carbons (Fsp3) is 0.0952. The number of anilines is 2. The molecule has 0 atom stereocenters. The van der Waals surface area contributed by atoms with Crippen molar-refractivity contribution >= 4 is 39.3 Å². The van der Waals surface area contributed by atoms with Gasteiger partial charge in [-0.25, -0.2) is 13.2 Å². The van der Waals surface area contributed by atoms with Crippen LogP contribution in [0.1, 0.15) is 6.92 Å². The van der Waals surface area contributed by atoms with E-state index in [0.29, 0.717) is 11.4 Å². The molecule has 0 aliphatic carbocycles. The molecule has 0 radical (unpaired) electrons. The maximum atomic E-state index is 12.8. The van der Waals surface area contributed by atoms with E-state index in [2.05, 4.69) is 10.0 Å². The number of para-hydroxylation sites is 1. The molecule has 0 saturated heterocycles. The van der Waals surface area contributed by atoms with E-state index in [9.17, 15) is 13.2 Å². The summed E-state index contributed by atoms with van der Waals surface area (Å²) in [6, 6.07) is 22.8. The van der Waals surface area contributed by atoms with Gasteiger partial charge in [0, 0.05) is 15.5 Å². The number of sulfonamides is 1. The van der Waals surface area contributed by atoms with Gasteiger partial charge in [-0.15, -0.1) is 0 Å². The van der Waals surface area contributed by atoms with Crippen molar-refractivity contribution < 1.29 is 17.9 Å². The van der Waals surface area contributed by atoms with E-state index < -0.39 is 16.1 Å². The average Bonchev–Trinajstić information content (AvgIpc) is 2.71. The molecule has 0 bridgehead atoms. The van der Waals surface area contributed by atoms with Gasteiger partial charge in [-0.3, -0.25) is 10.0 Å². The van der Waals surface area contributed by atoms with E-state index in [-0.39, 0.29) is 11.5 Å². The van der Waals surface area contributed by atoms with Crippen molar-refractivity contribution in [2.24, 2.45) is 0 Å². The van der Waals surface area contributed by atoms with Crippen LogP contribution in [0, 0.1) is 0 Å². The van der Waals surface area contributed by atoms with Crippen molar-refractivity contribution in [3.8, 4) is 0 Å². The summed E-state index contributed by atoms with van der Waals surface area (Å²) in [5.41, 5.74) is 0.942. The van der Waals surface area contributed by atoms with Crippen LogP contribution >= 0.6 is 11.8 Å². The highest BCUT2D eigenvalue weighted by Crippen LogP contribution is 2.34. The van der Waals surface area contributed by atoms with E-state index in [1.165, 1.54) is 36.0 Å². The fourth-order valence-corrected chi connectivity index (χ4v) is 4.53. The van der Waals surface area contributed by atoms with Crippen molar-refractivity contribution in [3.05, 3.63) is 78.9 Å². The number of rotatable bonds is 7. The largest absolute Gasteiger partial charge is 0.450 e. The molecule has 0 aromatic heterocycles. The Labute approximate surface area is 174 Å². The number of carbonyl (C=O) groups is 1. The Balaban J connectivity index is 1.77. The van der Waals surface area contributed by atoms with E-state index in [1.807, 2.05) is 42.5 Å². The van der Waals surface area contributed by atoms with E-state index >= 15 is 0 Å². The molecule has 6 nitrogen and oxygen atoms in total. The Kier molecular flexibility index (Phi) is 6.79. The monoisotopic (exact) mass is 428 g/mol. The predicted molar refractivity (Wildman–Crippen MR) is 115 cm³/mol. The van der Waals surface area contributed by atoms with Gasteiger partial charge in [0.15, 0.2) is 0 Å². The molecule has 0 fully saturated rings. The highest BCUT2D eigenvalue weighted by atomic mass is 32.2. The molecule has 3 rings (SSSR count). The van der Waals surface area contributed by atoms with E-state index in [4.69, 9.17) is 4.74 Å². The highest BCUT2D eigenvalue weighted by Gasteiger charge is 2.16. The van der Waals surface area contributed by atoms with E-state index in [0.717, 1.165) is 9.79 Å². The maximum absolute atomic E-state index is 12.8. The minimum Gasteiger partial charge on any atom is -0.450 e. The van der Waals surface area contributed by atoms with Crippen LogP contribution in [-0.4, -0.2) is 21.1 Å². The van der Waals surface area contributed by atoms with Crippen LogP contribution in [-0.2, 0) is 14.8 Å². The molecule has 0 aliphatic heterocycles. The first-order valence-electron chi connectivity index (χ1n) is 8.86. The van der Waals surface area contributed by atoms with Crippen LogP contribution in [0.5, 0.6) is 0 Å². The normalized spacial score (nSPS) is 10.9. The van der Waals surface area contributed by atoms with Gasteiger partial charge in [0.25, 0.3) is 10.0 Å². The summed E-state index contributed by atoms with van der Waals surface area (Å²) in [5, 5.41) is 2.53. The van der Waals surface area contributed by atoms with Crippen LogP contribution in [0.25, 0.3) is 0 Å². The zero-order valence-electron chi connectivity index (χ0n) is 15.7. The second kappa shape index (κ2) is 9.49. The van der Waals surface area contributed by atoms with E-state index in [1.54, 1.807) is 19.1 Å². The van der Waals surface area contributed by atoms with Gasteiger partial charge < -0.3 is 4.74 Å². The lowest BCUT2D eigenvalue weighted by Gasteiger charge is -2.13. The molecule has 0 saturated carbocycles. The Morgan fingerprint density at radius 2 is 1.59 bits per heavy atom. The van der Waals surface area contributed by atoms with Crippen LogP contribution in [0.15, 0.2) is 93.5 Å². The third-order valence-corrected chi connectivity index (χ3v) is 6.25. The number of carbonyl (C=O) groups excluding carboxylic acids is 1. The Hall–Kier alpha value is -2.97. The molecule has 29 heavy (non-hydrogen) atoms. The third kappa shape index (κ3) is 5.75. The molecular formula is C21H20N2O4S2. The zero-order valence-corrected chi connectivity index (χ0v) is 17.3. The molecule has 3 aromatic rings. The Morgan fingerprint density at radius 1 is 0.931 bits per heavy atom. The average molecular weight is 429 g/mol. The fourth-order valence-electron chi connectivity index (χ4n) is 2.46. The topological polar surface area (TPSA) is 84.5 Å². The first-order valence-corrected chi connectivity index (χ1v) is 11.2. The minimum atomic E-state index is -3.79. The van der Waals surface area contributed by atoms with Gasteiger partial charge >= 0.3 is 6.09 Å². The lowest BCUT2D eigenvalue weighted by Crippen LogP contribution is -2.15. The summed E-state index contributed by atoms with van der Waals surface area (Å²) in [6.07, 6.45) is -0.590. The zero-order chi connectivity index (χ0) is 20.7. The van der Waals surface area contributed by atoms with Crippen LogP contribution < -0.4 is 10.0 Å². The van der Waals surface area contributed by atoms with Crippen LogP contribution in [0.3, 0.4) is 0 Å². The number of benzene rings is 3. The molecular weight excluding hydrogens is 408 g/mol. The summed E-state index contributed by atoms with van der Waals surface area (Å²) in [5.74, 6) is 0. The lowest BCUT2D eigenvalue weighted by molar-refractivity contribution is 0.168. The highest BCUT2D eigenvalue weighted by molar-refractivity contribution is 7.99. The standard InChI is InChI=1S/C21H20N2O4S2/c1-2-27-21(24)22-16-12-14-18(15-13-16)29(25,26)23-19-10-6-7-11-20(19)28-17-8-4-3-5-9-17/h3-15,23H,2H2,1H3,(H,22,24). The van der Waals surface area contributed by atoms with Crippen molar-refractivity contribution in [2.75, 3.05) is 16.6 Å². The summed E-state index contributed by atoms with van der Waals surface area (Å²) in [4.78, 5) is 13.3. The minimum absolute atomic E-state index is 0.0893. The first-order chi connectivity index (χ1) is 14.0. The van der Waals surface area contributed by atoms with Gasteiger partial charge in [0.05, 0.1) is 17.2 Å². The third-order valence-electron chi connectivity index (χ3n) is 3.79. The number of ether oxygens (including phenoxy) is 1. The first kappa shape index (κ1) is 20.8. The number of hydrogen-bond donors (Lipinski definition) is 2. The summed E-state index contributed by atoms with van der Waals surface area (Å²) in [6.45, 7) is 1.96. The Morgan fingerprint density at radius 3 is 2.28 bits per heavy atom. The Bertz CT molecular complexity index is 1070. The molecule has 2 N–H and O–H groups in total. The molecule has 3 aromatic carbocycles. The second-order valence-corrected chi connectivity index (χ2v) is 8.68. The summed E-state index contributed by atoms with van der Waals surface area (Å²) < 4.78 is 33.1. The van der Waals surface area contributed by atoms with Gasteiger partial charge in [-0.05, 0) is 55.5 Å². The maximum Gasteiger partial charge on any atom is 0.411 e. The molecule has 8 heteroatoms. The number of amides is 1. The molecule has 0 heterocycles. The molecule has 0 aliphatic rings. The molecule has 1 amide bonds. The van der Waals surface area contributed by atoms with Gasteiger partial charge in [-0.2, -0.15) is 0 Å². The van der Waals surface area contributed by atoms with Gasteiger partial charge in [0.2, 0.25) is 0 Å². The van der Waals surface area contributed by atoms with Crippen molar-refractivity contribution in [3.63, 3.8) is 0 Å². The molecule has 150 valence electrons. The summed E-state index contributed by atoms with van der Waals surface area (Å²) in [7, 11) is -3.79. The smallest absolute Gasteiger partial charge is 0.411 e.